The van der Waals surface area contributed by atoms with Gasteiger partial charge in [0.15, 0.2) is 0 Å². The first-order chi connectivity index (χ1) is 8.34. The highest BCUT2D eigenvalue weighted by Gasteiger charge is 2.13. The van der Waals surface area contributed by atoms with Crippen molar-refractivity contribution in [2.24, 2.45) is 0 Å². The second-order valence-corrected chi connectivity index (χ2v) is 4.81. The number of aromatic nitrogens is 1. The second kappa shape index (κ2) is 4.49. The summed E-state index contributed by atoms with van der Waals surface area (Å²) in [5.74, 6) is -0.160. The molecule has 2 nitrogen and oxygen atoms in total. The number of nitrogens with one attached hydrogen (secondary N) is 1. The van der Waals surface area contributed by atoms with Gasteiger partial charge < -0.3 is 4.98 Å². The number of likely N-dealkylation sites (tertiary alicyclic amines) is 1. The summed E-state index contributed by atoms with van der Waals surface area (Å²) in [6, 6.07) is 5.28. The van der Waals surface area contributed by atoms with E-state index in [0.29, 0.717) is 5.52 Å². The zero-order valence-electron chi connectivity index (χ0n) is 9.88. The van der Waals surface area contributed by atoms with E-state index < -0.39 is 0 Å². The van der Waals surface area contributed by atoms with E-state index in [1.165, 1.54) is 44.0 Å². The van der Waals surface area contributed by atoms with Gasteiger partial charge in [-0.1, -0.05) is 18.6 Å². The van der Waals surface area contributed by atoms with E-state index in [0.717, 1.165) is 11.9 Å². The number of halogens is 1. The molecule has 0 amide bonds. The Labute approximate surface area is 100 Å². The van der Waals surface area contributed by atoms with E-state index in [9.17, 15) is 4.39 Å². The lowest BCUT2D eigenvalue weighted by atomic mass is 10.1. The van der Waals surface area contributed by atoms with Gasteiger partial charge in [-0.15, -0.1) is 0 Å². The van der Waals surface area contributed by atoms with Gasteiger partial charge in [0.25, 0.3) is 0 Å². The van der Waals surface area contributed by atoms with E-state index >= 15 is 0 Å². The number of fused-ring (bicyclic) bond motifs is 1. The van der Waals surface area contributed by atoms with Crippen LogP contribution in [0.4, 0.5) is 4.39 Å². The van der Waals surface area contributed by atoms with Crippen LogP contribution in [0, 0.1) is 5.82 Å². The SMILES string of the molecule is Fc1cccc2c(CN3CCCCC3)c[nH]c12. The highest BCUT2D eigenvalue weighted by Crippen LogP contribution is 2.23. The number of rotatable bonds is 2. The number of hydrogen-bond donors (Lipinski definition) is 1. The Morgan fingerprint density at radius 2 is 2.00 bits per heavy atom. The smallest absolute Gasteiger partial charge is 0.147 e. The van der Waals surface area contributed by atoms with Crippen LogP contribution in [0.3, 0.4) is 0 Å². The zero-order valence-corrected chi connectivity index (χ0v) is 9.88. The van der Waals surface area contributed by atoms with E-state index in [1.54, 1.807) is 6.07 Å². The molecule has 1 saturated heterocycles. The summed E-state index contributed by atoms with van der Waals surface area (Å²) in [4.78, 5) is 5.50. The van der Waals surface area contributed by atoms with Crippen LogP contribution in [-0.2, 0) is 6.54 Å². The van der Waals surface area contributed by atoms with Gasteiger partial charge in [-0.2, -0.15) is 0 Å². The predicted octanol–water partition coefficient (Wildman–Crippen LogP) is 3.29. The number of piperidine rings is 1. The molecule has 0 spiro atoms. The van der Waals surface area contributed by atoms with Gasteiger partial charge in [-0.05, 0) is 37.6 Å². The van der Waals surface area contributed by atoms with Crippen LogP contribution in [0.1, 0.15) is 24.8 Å². The summed E-state index contributed by atoms with van der Waals surface area (Å²) in [5, 5.41) is 1.02. The van der Waals surface area contributed by atoms with Crippen LogP contribution in [0.2, 0.25) is 0 Å². The van der Waals surface area contributed by atoms with Gasteiger partial charge >= 0.3 is 0 Å². The predicted molar refractivity (Wildman–Crippen MR) is 67.4 cm³/mol. The molecular formula is C14H17FN2. The number of benzene rings is 1. The number of para-hydroxylation sites is 1. The van der Waals surface area contributed by atoms with Crippen molar-refractivity contribution < 1.29 is 4.39 Å². The minimum atomic E-state index is -0.160. The molecule has 17 heavy (non-hydrogen) atoms. The van der Waals surface area contributed by atoms with Crippen molar-refractivity contribution >= 4 is 10.9 Å². The molecule has 1 aliphatic heterocycles. The Kier molecular flexibility index (Phi) is 2.85. The fourth-order valence-corrected chi connectivity index (χ4v) is 2.66. The van der Waals surface area contributed by atoms with Gasteiger partial charge in [0.2, 0.25) is 0 Å². The summed E-state index contributed by atoms with van der Waals surface area (Å²) in [7, 11) is 0. The Balaban J connectivity index is 1.87. The van der Waals surface area contributed by atoms with Gasteiger partial charge in [-0.3, -0.25) is 4.90 Å². The van der Waals surface area contributed by atoms with E-state index in [2.05, 4.69) is 9.88 Å². The van der Waals surface area contributed by atoms with Crippen molar-refractivity contribution in [3.63, 3.8) is 0 Å². The van der Waals surface area contributed by atoms with E-state index in [-0.39, 0.29) is 5.82 Å². The van der Waals surface area contributed by atoms with Crippen molar-refractivity contribution in [2.45, 2.75) is 25.8 Å². The standard InChI is InChI=1S/C14H17FN2/c15-13-6-4-5-12-11(9-16-14(12)13)10-17-7-2-1-3-8-17/h4-6,9,16H,1-3,7-8,10H2. The Morgan fingerprint density at radius 1 is 1.18 bits per heavy atom. The van der Waals surface area contributed by atoms with Crippen LogP contribution >= 0.6 is 0 Å². The highest BCUT2D eigenvalue weighted by atomic mass is 19.1. The number of aromatic amines is 1. The summed E-state index contributed by atoms with van der Waals surface area (Å²) >= 11 is 0. The van der Waals surface area contributed by atoms with Gasteiger partial charge in [0.1, 0.15) is 5.82 Å². The molecule has 0 radical (unpaired) electrons. The lowest BCUT2D eigenvalue weighted by molar-refractivity contribution is 0.221. The molecule has 3 heteroatoms. The van der Waals surface area contributed by atoms with Gasteiger partial charge in [0, 0.05) is 18.1 Å². The number of nitrogens with zero attached hydrogens (tertiary/aromatic N) is 1. The van der Waals surface area contributed by atoms with E-state index in [1.807, 2.05) is 12.3 Å². The normalized spacial score (nSPS) is 17.7. The fourth-order valence-electron chi connectivity index (χ4n) is 2.66. The van der Waals surface area contributed by atoms with Crippen LogP contribution in [-0.4, -0.2) is 23.0 Å². The average Bonchev–Trinajstić information content (AvgIpc) is 2.76. The lowest BCUT2D eigenvalue weighted by Crippen LogP contribution is -2.28. The molecule has 3 rings (SSSR count). The van der Waals surface area contributed by atoms with Gasteiger partial charge in [-0.25, -0.2) is 4.39 Å². The number of hydrogen-bond acceptors (Lipinski definition) is 1. The van der Waals surface area contributed by atoms with Gasteiger partial charge in [0.05, 0.1) is 5.52 Å². The minimum Gasteiger partial charge on any atom is -0.358 e. The molecule has 1 aromatic heterocycles. The molecule has 1 fully saturated rings. The summed E-state index contributed by atoms with van der Waals surface area (Å²) in [6.45, 7) is 3.27. The maximum Gasteiger partial charge on any atom is 0.147 e. The third-order valence-electron chi connectivity index (χ3n) is 3.59. The molecule has 2 heterocycles. The quantitative estimate of drug-likeness (QED) is 0.841. The maximum atomic E-state index is 13.5. The van der Waals surface area contributed by atoms with Crippen molar-refractivity contribution in [3.8, 4) is 0 Å². The van der Waals surface area contributed by atoms with Crippen LogP contribution in [0.25, 0.3) is 10.9 Å². The molecular weight excluding hydrogens is 215 g/mol. The van der Waals surface area contributed by atoms with Crippen LogP contribution < -0.4 is 0 Å². The average molecular weight is 232 g/mol. The Bertz CT molecular complexity index is 512. The van der Waals surface area contributed by atoms with Crippen molar-refractivity contribution in [3.05, 3.63) is 35.8 Å². The topological polar surface area (TPSA) is 19.0 Å². The molecule has 1 aromatic carbocycles. The third-order valence-corrected chi connectivity index (χ3v) is 3.59. The zero-order chi connectivity index (χ0) is 11.7. The maximum absolute atomic E-state index is 13.5. The molecule has 0 atom stereocenters. The molecule has 2 aromatic rings. The highest BCUT2D eigenvalue weighted by molar-refractivity contribution is 5.83. The molecule has 0 bridgehead atoms. The van der Waals surface area contributed by atoms with Crippen LogP contribution in [0.15, 0.2) is 24.4 Å². The van der Waals surface area contributed by atoms with E-state index in [4.69, 9.17) is 0 Å². The monoisotopic (exact) mass is 232 g/mol. The largest absolute Gasteiger partial charge is 0.358 e. The summed E-state index contributed by atoms with van der Waals surface area (Å²) in [6.07, 6.45) is 5.87. The van der Waals surface area contributed by atoms with Crippen molar-refractivity contribution in [1.82, 2.24) is 9.88 Å². The summed E-state index contributed by atoms with van der Waals surface area (Å²) in [5.41, 5.74) is 1.85. The Morgan fingerprint density at radius 3 is 2.82 bits per heavy atom. The first-order valence-electron chi connectivity index (χ1n) is 6.31. The molecule has 90 valence electrons. The van der Waals surface area contributed by atoms with Crippen LogP contribution in [0.5, 0.6) is 0 Å². The molecule has 0 saturated carbocycles. The molecule has 0 aliphatic carbocycles. The summed E-state index contributed by atoms with van der Waals surface area (Å²) < 4.78 is 13.5. The van der Waals surface area contributed by atoms with Crippen molar-refractivity contribution in [2.75, 3.05) is 13.1 Å². The fraction of sp³-hybridized carbons (Fsp3) is 0.429. The lowest BCUT2D eigenvalue weighted by Gasteiger charge is -2.26. The molecule has 0 unspecified atom stereocenters. The van der Waals surface area contributed by atoms with Crippen molar-refractivity contribution in [1.29, 1.82) is 0 Å². The molecule has 1 aliphatic rings. The molecule has 1 N–H and O–H groups in total. The Hall–Kier alpha value is -1.35. The second-order valence-electron chi connectivity index (χ2n) is 4.81. The third kappa shape index (κ3) is 2.07. The number of H-pyrrole nitrogens is 1. The minimum absolute atomic E-state index is 0.160. The first kappa shape index (κ1) is 10.8. The first-order valence-corrected chi connectivity index (χ1v) is 6.31.